The van der Waals surface area contributed by atoms with Crippen molar-refractivity contribution in [2.45, 2.75) is 40.0 Å². The molecule has 1 N–H and O–H groups in total. The highest BCUT2D eigenvalue weighted by Gasteiger charge is 2.31. The van der Waals surface area contributed by atoms with Crippen LogP contribution in [0.4, 0.5) is 0 Å². The largest absolute Gasteiger partial charge is 0.348 e. The number of nitrogens with one attached hydrogen (secondary N) is 1. The van der Waals surface area contributed by atoms with Crippen LogP contribution in [0.25, 0.3) is 10.9 Å². The van der Waals surface area contributed by atoms with E-state index in [0.29, 0.717) is 0 Å². The van der Waals surface area contributed by atoms with Crippen LogP contribution in [0.5, 0.6) is 0 Å². The fourth-order valence-electron chi connectivity index (χ4n) is 3.80. The molecule has 1 aliphatic heterocycles. The number of hydrogen-bond acceptors (Lipinski definition) is 2. The van der Waals surface area contributed by atoms with Crippen molar-refractivity contribution in [2.75, 3.05) is 0 Å². The van der Waals surface area contributed by atoms with Crippen molar-refractivity contribution < 1.29 is 4.79 Å². The molecule has 1 aliphatic rings. The molecular formula is C19H21N3O. The molecule has 0 aliphatic carbocycles. The van der Waals surface area contributed by atoms with Crippen LogP contribution in [0.2, 0.25) is 0 Å². The predicted molar refractivity (Wildman–Crippen MR) is 90.9 cm³/mol. The Bertz CT molecular complexity index is 916. The van der Waals surface area contributed by atoms with Crippen LogP contribution in [-0.2, 0) is 12.8 Å². The van der Waals surface area contributed by atoms with Crippen LogP contribution in [-0.4, -0.2) is 20.4 Å². The normalized spacial score (nSPS) is 17.7. The van der Waals surface area contributed by atoms with Crippen molar-refractivity contribution in [3.63, 3.8) is 0 Å². The zero-order valence-corrected chi connectivity index (χ0v) is 13.8. The number of H-pyrrole nitrogens is 1. The van der Waals surface area contributed by atoms with Gasteiger partial charge in [-0.1, -0.05) is 11.6 Å². The second-order valence-corrected chi connectivity index (χ2v) is 6.68. The second-order valence-electron chi connectivity index (χ2n) is 6.68. The van der Waals surface area contributed by atoms with E-state index >= 15 is 0 Å². The van der Waals surface area contributed by atoms with Crippen LogP contribution in [0.3, 0.4) is 0 Å². The van der Waals surface area contributed by atoms with Gasteiger partial charge in [0.05, 0.1) is 17.5 Å². The van der Waals surface area contributed by atoms with Gasteiger partial charge in [0.1, 0.15) is 0 Å². The van der Waals surface area contributed by atoms with E-state index in [4.69, 9.17) is 0 Å². The van der Waals surface area contributed by atoms with E-state index in [1.165, 1.54) is 22.2 Å². The molecule has 0 saturated heterocycles. The second kappa shape index (κ2) is 5.08. The number of benzene rings is 1. The summed E-state index contributed by atoms with van der Waals surface area (Å²) < 4.78 is 1.96. The Balaban J connectivity index is 1.78. The number of carbonyl (C=O) groups excluding carboxylic acids is 1. The summed E-state index contributed by atoms with van der Waals surface area (Å²) in [5.41, 5.74) is 6.80. The molecule has 1 aromatic carbocycles. The first kappa shape index (κ1) is 14.2. The molecule has 23 heavy (non-hydrogen) atoms. The minimum atomic E-state index is 0.0146. The third-order valence-electron chi connectivity index (χ3n) is 5.17. The van der Waals surface area contributed by atoms with Gasteiger partial charge in [-0.3, -0.25) is 9.36 Å². The summed E-state index contributed by atoms with van der Waals surface area (Å²) >= 11 is 0. The fourth-order valence-corrected chi connectivity index (χ4v) is 3.80. The number of carbonyl (C=O) groups is 1. The summed E-state index contributed by atoms with van der Waals surface area (Å²) in [6.07, 6.45) is 4.29. The lowest BCUT2D eigenvalue weighted by Gasteiger charge is -2.24. The molecule has 118 valence electrons. The summed E-state index contributed by atoms with van der Waals surface area (Å²) in [5, 5.41) is 1.21. The van der Waals surface area contributed by atoms with Crippen molar-refractivity contribution >= 4 is 16.8 Å². The topological polar surface area (TPSA) is 50.7 Å². The van der Waals surface area contributed by atoms with Gasteiger partial charge in [0.2, 0.25) is 5.91 Å². The maximum absolute atomic E-state index is 13.1. The summed E-state index contributed by atoms with van der Waals surface area (Å²) in [5.74, 6) is 0.233. The highest BCUT2D eigenvalue weighted by atomic mass is 16.2. The number of aryl methyl sites for hydroxylation is 3. The average Bonchev–Trinajstić information content (AvgIpc) is 3.05. The quantitative estimate of drug-likeness (QED) is 0.784. The van der Waals surface area contributed by atoms with Gasteiger partial charge in [0.15, 0.2) is 0 Å². The van der Waals surface area contributed by atoms with Crippen molar-refractivity contribution in [3.05, 3.63) is 52.7 Å². The standard InChI is InChI=1S/C19H21N3O/c1-11-4-6-18-15(8-11)12(2)17-7-5-14(19(23)22(17)18)9-16-13(3)20-10-21-16/h4,6,8,10,14H,5,7,9H2,1-3H3,(H,20,21). The lowest BCUT2D eigenvalue weighted by Crippen LogP contribution is -2.30. The highest BCUT2D eigenvalue weighted by molar-refractivity contribution is 5.98. The monoisotopic (exact) mass is 307 g/mol. The van der Waals surface area contributed by atoms with E-state index in [0.717, 1.165) is 36.2 Å². The fraction of sp³-hybridized carbons (Fsp3) is 0.368. The molecule has 1 unspecified atom stereocenters. The van der Waals surface area contributed by atoms with Crippen molar-refractivity contribution in [2.24, 2.45) is 5.92 Å². The molecule has 0 radical (unpaired) electrons. The maximum atomic E-state index is 13.1. The molecule has 0 saturated carbocycles. The van der Waals surface area contributed by atoms with E-state index in [-0.39, 0.29) is 11.8 Å². The first-order chi connectivity index (χ1) is 11.1. The third-order valence-corrected chi connectivity index (χ3v) is 5.17. The Hall–Kier alpha value is -2.36. The van der Waals surface area contributed by atoms with Gasteiger partial charge in [0.25, 0.3) is 0 Å². The third kappa shape index (κ3) is 2.12. The Kier molecular flexibility index (Phi) is 3.15. The molecule has 2 aromatic heterocycles. The van der Waals surface area contributed by atoms with Gasteiger partial charge in [0, 0.05) is 29.1 Å². The summed E-state index contributed by atoms with van der Waals surface area (Å²) in [7, 11) is 0. The van der Waals surface area contributed by atoms with E-state index in [9.17, 15) is 4.79 Å². The smallest absolute Gasteiger partial charge is 0.234 e. The summed E-state index contributed by atoms with van der Waals surface area (Å²) in [6.45, 7) is 6.25. The molecule has 0 fully saturated rings. The SMILES string of the molecule is Cc1ccc2c(c1)c(C)c1n2C(=O)C(Cc2nc[nH]c2C)CC1. The Morgan fingerprint density at radius 1 is 1.30 bits per heavy atom. The highest BCUT2D eigenvalue weighted by Crippen LogP contribution is 2.33. The number of hydrogen-bond donors (Lipinski definition) is 1. The zero-order chi connectivity index (χ0) is 16.1. The number of rotatable bonds is 2. The molecule has 4 nitrogen and oxygen atoms in total. The molecule has 3 aromatic rings. The predicted octanol–water partition coefficient (Wildman–Crippen LogP) is 3.73. The molecule has 0 amide bonds. The summed E-state index contributed by atoms with van der Waals surface area (Å²) in [4.78, 5) is 20.6. The van der Waals surface area contributed by atoms with Crippen molar-refractivity contribution in [1.82, 2.24) is 14.5 Å². The average molecular weight is 307 g/mol. The Labute approximate surface area is 135 Å². The van der Waals surface area contributed by atoms with Crippen molar-refractivity contribution in [1.29, 1.82) is 0 Å². The van der Waals surface area contributed by atoms with E-state index in [2.05, 4.69) is 42.0 Å². The lowest BCUT2D eigenvalue weighted by molar-refractivity contribution is 0.0808. The number of fused-ring (bicyclic) bond motifs is 3. The van der Waals surface area contributed by atoms with Gasteiger partial charge in [-0.15, -0.1) is 0 Å². The van der Waals surface area contributed by atoms with Crippen LogP contribution in [0.1, 0.15) is 39.4 Å². The minimum Gasteiger partial charge on any atom is -0.348 e. The molecule has 4 rings (SSSR count). The van der Waals surface area contributed by atoms with Crippen LogP contribution in [0, 0.1) is 26.7 Å². The van der Waals surface area contributed by atoms with E-state index in [1.807, 2.05) is 11.5 Å². The van der Waals surface area contributed by atoms with E-state index < -0.39 is 0 Å². The minimum absolute atomic E-state index is 0.0146. The molecular weight excluding hydrogens is 286 g/mol. The molecule has 0 spiro atoms. The summed E-state index contributed by atoms with van der Waals surface area (Å²) in [6, 6.07) is 6.36. The Morgan fingerprint density at radius 2 is 2.13 bits per heavy atom. The zero-order valence-electron chi connectivity index (χ0n) is 13.8. The van der Waals surface area contributed by atoms with Gasteiger partial charge in [-0.25, -0.2) is 4.98 Å². The van der Waals surface area contributed by atoms with Crippen LogP contribution in [0.15, 0.2) is 24.5 Å². The number of imidazole rings is 1. The van der Waals surface area contributed by atoms with Crippen LogP contribution < -0.4 is 0 Å². The first-order valence-corrected chi connectivity index (χ1v) is 8.20. The first-order valence-electron chi connectivity index (χ1n) is 8.20. The van der Waals surface area contributed by atoms with Gasteiger partial charge in [-0.2, -0.15) is 0 Å². The van der Waals surface area contributed by atoms with Gasteiger partial charge < -0.3 is 4.98 Å². The maximum Gasteiger partial charge on any atom is 0.234 e. The molecule has 3 heterocycles. The van der Waals surface area contributed by atoms with Crippen molar-refractivity contribution in [3.8, 4) is 0 Å². The number of aromatic nitrogens is 3. The lowest BCUT2D eigenvalue weighted by atomic mass is 9.91. The molecule has 1 atom stereocenters. The number of aromatic amines is 1. The van der Waals surface area contributed by atoms with Gasteiger partial charge >= 0.3 is 0 Å². The molecule has 4 heteroatoms. The number of nitrogens with zero attached hydrogens (tertiary/aromatic N) is 2. The van der Waals surface area contributed by atoms with Gasteiger partial charge in [-0.05, 0) is 51.3 Å². The van der Waals surface area contributed by atoms with E-state index in [1.54, 1.807) is 6.33 Å². The Morgan fingerprint density at radius 3 is 2.87 bits per heavy atom. The van der Waals surface area contributed by atoms with Crippen LogP contribution >= 0.6 is 0 Å². The molecule has 0 bridgehead atoms.